The average molecular weight is 215 g/mol. The first kappa shape index (κ1) is 13.7. The first-order valence-electron chi connectivity index (χ1n) is 4.39. The number of ether oxygens (including phenoxy) is 1. The van der Waals surface area contributed by atoms with Crippen molar-refractivity contribution in [2.45, 2.75) is 32.2 Å². The van der Waals surface area contributed by atoms with Crippen LogP contribution in [0.5, 0.6) is 0 Å². The topological polar surface area (TPSA) is 41.5 Å². The van der Waals surface area contributed by atoms with Gasteiger partial charge in [0.2, 0.25) is 0 Å². The zero-order chi connectivity index (χ0) is 11.2. The minimum Gasteiger partial charge on any atom is -0.394 e. The molecule has 0 aromatic heterocycles. The normalized spacial score (nSPS) is 16.7. The van der Waals surface area contributed by atoms with Gasteiger partial charge < -0.3 is 10.4 Å². The van der Waals surface area contributed by atoms with Crippen LogP contribution in [0.25, 0.3) is 0 Å². The lowest BCUT2D eigenvalue weighted by atomic mass is 10.0. The van der Waals surface area contributed by atoms with Gasteiger partial charge in [0.25, 0.3) is 0 Å². The molecule has 0 fully saturated rings. The smallest absolute Gasteiger partial charge is 0.394 e. The van der Waals surface area contributed by atoms with Gasteiger partial charge in [-0.15, -0.1) is 13.2 Å². The van der Waals surface area contributed by atoms with Crippen molar-refractivity contribution in [2.24, 2.45) is 0 Å². The van der Waals surface area contributed by atoms with Crippen LogP contribution < -0.4 is 5.32 Å². The summed E-state index contributed by atoms with van der Waals surface area (Å²) < 4.78 is 38.2. The molecule has 0 aromatic rings. The number of hydrogen-bond donors (Lipinski definition) is 2. The molecule has 0 saturated heterocycles. The van der Waals surface area contributed by atoms with Gasteiger partial charge in [0.1, 0.15) is 0 Å². The van der Waals surface area contributed by atoms with Gasteiger partial charge in [-0.3, -0.25) is 4.74 Å². The summed E-state index contributed by atoms with van der Waals surface area (Å²) in [7, 11) is 0. The van der Waals surface area contributed by atoms with Gasteiger partial charge in [-0.25, -0.2) is 0 Å². The Morgan fingerprint density at radius 1 is 1.36 bits per heavy atom. The monoisotopic (exact) mass is 215 g/mol. The molecular weight excluding hydrogens is 199 g/mol. The molecule has 0 bridgehead atoms. The van der Waals surface area contributed by atoms with Crippen LogP contribution in [0, 0.1) is 0 Å². The highest BCUT2D eigenvalue weighted by Gasteiger charge is 2.29. The minimum absolute atomic E-state index is 0.0599. The van der Waals surface area contributed by atoms with E-state index >= 15 is 0 Å². The molecule has 0 amide bonds. The summed E-state index contributed by atoms with van der Waals surface area (Å²) in [6, 6.07) is 0. The molecule has 0 saturated carbocycles. The van der Waals surface area contributed by atoms with E-state index in [-0.39, 0.29) is 13.2 Å². The molecule has 2 N–H and O–H groups in total. The molecule has 0 spiro atoms. The van der Waals surface area contributed by atoms with Crippen molar-refractivity contribution in [3.8, 4) is 0 Å². The van der Waals surface area contributed by atoms with Crippen LogP contribution >= 0.6 is 0 Å². The van der Waals surface area contributed by atoms with Crippen LogP contribution in [0.2, 0.25) is 0 Å². The third-order valence-electron chi connectivity index (χ3n) is 2.05. The van der Waals surface area contributed by atoms with Gasteiger partial charge in [0.15, 0.2) is 0 Å². The second kappa shape index (κ2) is 5.53. The number of hydrogen-bond acceptors (Lipinski definition) is 3. The summed E-state index contributed by atoms with van der Waals surface area (Å²) in [4.78, 5) is 0. The third kappa shape index (κ3) is 6.17. The molecule has 1 atom stereocenters. The Morgan fingerprint density at radius 2 is 1.93 bits per heavy atom. The Bertz CT molecular complexity index is 157. The zero-order valence-electron chi connectivity index (χ0n) is 8.32. The SMILES string of the molecule is CCC(C)(CO)NCCOC(F)(F)F. The Labute approximate surface area is 81.2 Å². The summed E-state index contributed by atoms with van der Waals surface area (Å²) >= 11 is 0. The van der Waals surface area contributed by atoms with E-state index < -0.39 is 18.5 Å². The van der Waals surface area contributed by atoms with Crippen molar-refractivity contribution < 1.29 is 23.0 Å². The lowest BCUT2D eigenvalue weighted by molar-refractivity contribution is -0.323. The highest BCUT2D eigenvalue weighted by atomic mass is 19.4. The number of nitrogens with one attached hydrogen (secondary N) is 1. The van der Waals surface area contributed by atoms with Crippen molar-refractivity contribution in [1.29, 1.82) is 0 Å². The fourth-order valence-electron chi connectivity index (χ4n) is 0.812. The molecule has 0 radical (unpaired) electrons. The highest BCUT2D eigenvalue weighted by molar-refractivity contribution is 4.79. The molecule has 14 heavy (non-hydrogen) atoms. The molecule has 86 valence electrons. The summed E-state index contributed by atoms with van der Waals surface area (Å²) in [5.74, 6) is 0. The van der Waals surface area contributed by atoms with E-state index in [2.05, 4.69) is 10.1 Å². The van der Waals surface area contributed by atoms with E-state index in [1.165, 1.54) is 0 Å². The largest absolute Gasteiger partial charge is 0.522 e. The van der Waals surface area contributed by atoms with Gasteiger partial charge >= 0.3 is 6.36 Å². The third-order valence-corrected chi connectivity index (χ3v) is 2.05. The number of rotatable bonds is 6. The maximum Gasteiger partial charge on any atom is 0.522 e. The molecule has 0 heterocycles. The van der Waals surface area contributed by atoms with E-state index in [9.17, 15) is 13.2 Å². The predicted octanol–water partition coefficient (Wildman–Crippen LogP) is 1.27. The van der Waals surface area contributed by atoms with Crippen molar-refractivity contribution in [1.82, 2.24) is 5.32 Å². The molecule has 0 aliphatic rings. The van der Waals surface area contributed by atoms with Crippen molar-refractivity contribution in [3.05, 3.63) is 0 Å². The lowest BCUT2D eigenvalue weighted by Crippen LogP contribution is -2.46. The molecule has 3 nitrogen and oxygen atoms in total. The predicted molar refractivity (Wildman–Crippen MR) is 45.8 cm³/mol. The van der Waals surface area contributed by atoms with Gasteiger partial charge in [-0.1, -0.05) is 6.92 Å². The van der Waals surface area contributed by atoms with Crippen molar-refractivity contribution in [3.63, 3.8) is 0 Å². The van der Waals surface area contributed by atoms with Crippen LogP contribution in [-0.4, -0.2) is 36.8 Å². The number of alkyl halides is 3. The summed E-state index contributed by atoms with van der Waals surface area (Å²) in [5.41, 5.74) is -0.533. The Morgan fingerprint density at radius 3 is 2.29 bits per heavy atom. The Hall–Kier alpha value is -0.330. The number of halogens is 3. The van der Waals surface area contributed by atoms with E-state index in [1.54, 1.807) is 6.92 Å². The Balaban J connectivity index is 3.63. The summed E-state index contributed by atoms with van der Waals surface area (Å²) in [6.45, 7) is 3.08. The zero-order valence-corrected chi connectivity index (χ0v) is 8.32. The number of aliphatic hydroxyl groups excluding tert-OH is 1. The second-order valence-electron chi connectivity index (χ2n) is 3.29. The van der Waals surface area contributed by atoms with Crippen LogP contribution in [-0.2, 0) is 4.74 Å². The van der Waals surface area contributed by atoms with Crippen LogP contribution in [0.15, 0.2) is 0 Å². The molecule has 0 aromatic carbocycles. The fourth-order valence-corrected chi connectivity index (χ4v) is 0.812. The van der Waals surface area contributed by atoms with E-state index in [1.807, 2.05) is 6.92 Å². The van der Waals surface area contributed by atoms with Crippen LogP contribution in [0.3, 0.4) is 0 Å². The first-order valence-corrected chi connectivity index (χ1v) is 4.39. The first-order chi connectivity index (χ1) is 6.33. The van der Waals surface area contributed by atoms with E-state index in [0.717, 1.165) is 0 Å². The second-order valence-corrected chi connectivity index (χ2v) is 3.29. The minimum atomic E-state index is -4.58. The quantitative estimate of drug-likeness (QED) is 0.656. The molecular formula is C8H16F3NO2. The van der Waals surface area contributed by atoms with Crippen LogP contribution in [0.4, 0.5) is 13.2 Å². The summed E-state index contributed by atoms with van der Waals surface area (Å²) in [6.07, 6.45) is -3.95. The molecule has 6 heteroatoms. The van der Waals surface area contributed by atoms with Crippen molar-refractivity contribution >= 4 is 0 Å². The lowest BCUT2D eigenvalue weighted by Gasteiger charge is -2.27. The molecule has 1 unspecified atom stereocenters. The average Bonchev–Trinajstić information content (AvgIpc) is 2.11. The molecule has 0 aliphatic heterocycles. The summed E-state index contributed by atoms with van der Waals surface area (Å²) in [5, 5.41) is 11.7. The fraction of sp³-hybridized carbons (Fsp3) is 1.00. The van der Waals surface area contributed by atoms with Crippen molar-refractivity contribution in [2.75, 3.05) is 19.8 Å². The van der Waals surface area contributed by atoms with Crippen LogP contribution in [0.1, 0.15) is 20.3 Å². The van der Waals surface area contributed by atoms with Gasteiger partial charge in [-0.05, 0) is 13.3 Å². The molecule has 0 aliphatic carbocycles. The Kier molecular flexibility index (Phi) is 5.40. The molecule has 0 rings (SSSR count). The van der Waals surface area contributed by atoms with Gasteiger partial charge in [-0.2, -0.15) is 0 Å². The van der Waals surface area contributed by atoms with Gasteiger partial charge in [0.05, 0.1) is 13.2 Å². The van der Waals surface area contributed by atoms with Gasteiger partial charge in [0, 0.05) is 12.1 Å². The van der Waals surface area contributed by atoms with E-state index in [4.69, 9.17) is 5.11 Å². The number of aliphatic hydroxyl groups is 1. The standard InChI is InChI=1S/C8H16F3NO2/c1-3-7(2,6-13)12-4-5-14-8(9,10)11/h12-13H,3-6H2,1-2H3. The maximum atomic E-state index is 11.5. The highest BCUT2D eigenvalue weighted by Crippen LogP contribution is 2.15. The van der Waals surface area contributed by atoms with E-state index in [0.29, 0.717) is 6.42 Å². The maximum absolute atomic E-state index is 11.5.